The fourth-order valence-electron chi connectivity index (χ4n) is 11.2. The van der Waals surface area contributed by atoms with Crippen LogP contribution < -0.4 is 0 Å². The van der Waals surface area contributed by atoms with Gasteiger partial charge in [-0.3, -0.25) is 4.40 Å². The third kappa shape index (κ3) is 4.33. The maximum Gasteiger partial charge on any atom is 0.145 e. The van der Waals surface area contributed by atoms with E-state index in [1.807, 2.05) is 11.3 Å². The van der Waals surface area contributed by atoms with Gasteiger partial charge in [-0.2, -0.15) is 0 Å². The molecule has 0 radical (unpaired) electrons. The van der Waals surface area contributed by atoms with Gasteiger partial charge in [0.15, 0.2) is 0 Å². The molecule has 0 amide bonds. The van der Waals surface area contributed by atoms with E-state index in [9.17, 15) is 0 Å². The SMILES string of the molecule is c1ccc2c(c1)-c1ccccc1C21c2ccccc2-c2c(-c3ccc4c(c3)c3ccccc3c3ncc(-c5ccc(-c6cccc7c6sc6ccccc67)cc5)n43)cccc21. The monoisotopic (exact) mass is 790 g/mol. The molecule has 3 aromatic heterocycles. The van der Waals surface area contributed by atoms with E-state index in [0.717, 1.165) is 27.8 Å². The molecule has 0 saturated carbocycles. The first-order valence-corrected chi connectivity index (χ1v) is 21.9. The molecule has 3 heteroatoms. The van der Waals surface area contributed by atoms with Gasteiger partial charge in [0.25, 0.3) is 0 Å². The van der Waals surface area contributed by atoms with E-state index < -0.39 is 0 Å². The number of rotatable bonds is 3. The van der Waals surface area contributed by atoms with Crippen molar-refractivity contribution in [3.05, 3.63) is 229 Å². The van der Waals surface area contributed by atoms with Crippen molar-refractivity contribution in [3.63, 3.8) is 0 Å². The lowest BCUT2D eigenvalue weighted by Crippen LogP contribution is -2.25. The van der Waals surface area contributed by atoms with E-state index in [1.54, 1.807) is 0 Å². The van der Waals surface area contributed by atoms with E-state index in [-0.39, 0.29) is 5.41 Å². The Labute approximate surface area is 356 Å². The van der Waals surface area contributed by atoms with Gasteiger partial charge in [0.1, 0.15) is 5.65 Å². The molecule has 0 saturated heterocycles. The molecule has 0 bridgehead atoms. The van der Waals surface area contributed by atoms with Gasteiger partial charge in [-0.05, 0) is 90.3 Å². The Morgan fingerprint density at radius 1 is 0.393 bits per heavy atom. The summed E-state index contributed by atoms with van der Waals surface area (Å²) in [5, 5.41) is 6.21. The minimum absolute atomic E-state index is 0.378. The molecule has 0 fully saturated rings. The van der Waals surface area contributed by atoms with Crippen molar-refractivity contribution in [2.24, 2.45) is 0 Å². The molecule has 14 rings (SSSR count). The van der Waals surface area contributed by atoms with E-state index in [0.29, 0.717) is 0 Å². The average Bonchev–Trinajstić information content (AvgIpc) is 4.09. The van der Waals surface area contributed by atoms with Gasteiger partial charge in [0.2, 0.25) is 0 Å². The second-order valence-electron chi connectivity index (χ2n) is 16.6. The minimum Gasteiger partial charge on any atom is -0.292 e. The van der Waals surface area contributed by atoms with E-state index in [4.69, 9.17) is 4.98 Å². The Balaban J connectivity index is 0.956. The van der Waals surface area contributed by atoms with Crippen LogP contribution in [-0.4, -0.2) is 9.38 Å². The quantitative estimate of drug-likeness (QED) is 0.163. The number of nitrogens with zero attached hydrogens (tertiary/aromatic N) is 2. The second-order valence-corrected chi connectivity index (χ2v) is 17.6. The zero-order chi connectivity index (χ0) is 39.8. The van der Waals surface area contributed by atoms with Crippen LogP contribution in [0.3, 0.4) is 0 Å². The lowest BCUT2D eigenvalue weighted by Gasteiger charge is -2.30. The van der Waals surface area contributed by atoms with Crippen LogP contribution in [0.25, 0.3) is 103 Å². The Bertz CT molecular complexity index is 3780. The summed E-state index contributed by atoms with van der Waals surface area (Å²) >= 11 is 1.88. The van der Waals surface area contributed by atoms with Crippen LogP contribution in [0.4, 0.5) is 0 Å². The molecule has 2 nitrogen and oxygen atoms in total. The molecule has 12 aromatic rings. The largest absolute Gasteiger partial charge is 0.292 e. The molecule has 0 unspecified atom stereocenters. The average molecular weight is 791 g/mol. The van der Waals surface area contributed by atoms with Crippen molar-refractivity contribution in [3.8, 4) is 55.8 Å². The Hall–Kier alpha value is -7.59. The lowest BCUT2D eigenvalue weighted by molar-refractivity contribution is 0.794. The van der Waals surface area contributed by atoms with Crippen molar-refractivity contribution in [1.82, 2.24) is 9.38 Å². The number of aromatic nitrogens is 2. The zero-order valence-electron chi connectivity index (χ0n) is 32.9. The van der Waals surface area contributed by atoms with Gasteiger partial charge in [-0.25, -0.2) is 4.98 Å². The fourth-order valence-corrected chi connectivity index (χ4v) is 12.4. The molecule has 2 aliphatic carbocycles. The van der Waals surface area contributed by atoms with Crippen molar-refractivity contribution in [1.29, 1.82) is 0 Å². The predicted octanol–water partition coefficient (Wildman–Crippen LogP) is 15.4. The molecular weight excluding hydrogens is 757 g/mol. The van der Waals surface area contributed by atoms with Gasteiger partial charge in [-0.15, -0.1) is 11.3 Å². The van der Waals surface area contributed by atoms with E-state index in [1.165, 1.54) is 97.7 Å². The predicted molar refractivity (Wildman–Crippen MR) is 256 cm³/mol. The van der Waals surface area contributed by atoms with Crippen LogP contribution in [-0.2, 0) is 5.41 Å². The number of hydrogen-bond donors (Lipinski definition) is 0. The highest BCUT2D eigenvalue weighted by atomic mass is 32.1. The highest BCUT2D eigenvalue weighted by molar-refractivity contribution is 7.26. The summed E-state index contributed by atoms with van der Waals surface area (Å²) in [6.07, 6.45) is 2.05. The molecular formula is C58H34N2S. The number of pyridine rings is 1. The summed E-state index contributed by atoms with van der Waals surface area (Å²) < 4.78 is 5.03. The first-order chi connectivity index (χ1) is 30.3. The first kappa shape index (κ1) is 33.3. The maximum atomic E-state index is 5.11. The van der Waals surface area contributed by atoms with Crippen molar-refractivity contribution in [2.45, 2.75) is 5.41 Å². The number of fused-ring (bicyclic) bond motifs is 19. The topological polar surface area (TPSA) is 17.3 Å². The van der Waals surface area contributed by atoms with Crippen molar-refractivity contribution < 1.29 is 0 Å². The van der Waals surface area contributed by atoms with Crippen LogP contribution in [0.2, 0.25) is 0 Å². The summed E-state index contributed by atoms with van der Waals surface area (Å²) in [6.45, 7) is 0. The van der Waals surface area contributed by atoms with Gasteiger partial charge in [-0.1, -0.05) is 182 Å². The molecule has 9 aromatic carbocycles. The molecule has 3 heterocycles. The van der Waals surface area contributed by atoms with Crippen LogP contribution in [0.5, 0.6) is 0 Å². The summed E-state index contributed by atoms with van der Waals surface area (Å²) in [5.41, 5.74) is 19.6. The Morgan fingerprint density at radius 2 is 0.951 bits per heavy atom. The third-order valence-corrected chi connectivity index (χ3v) is 14.9. The second kappa shape index (κ2) is 12.2. The molecule has 2 aliphatic rings. The fraction of sp³-hybridized carbons (Fsp3) is 0.0172. The first-order valence-electron chi connectivity index (χ1n) is 21.0. The summed E-state index contributed by atoms with van der Waals surface area (Å²) in [6, 6.07) is 74.5. The number of imidazole rings is 1. The smallest absolute Gasteiger partial charge is 0.145 e. The molecule has 0 aliphatic heterocycles. The van der Waals surface area contributed by atoms with Gasteiger partial charge >= 0.3 is 0 Å². The lowest BCUT2D eigenvalue weighted by atomic mass is 9.70. The zero-order valence-corrected chi connectivity index (χ0v) is 33.7. The molecule has 282 valence electrons. The van der Waals surface area contributed by atoms with Gasteiger partial charge in [0.05, 0.1) is 22.8 Å². The van der Waals surface area contributed by atoms with Crippen molar-refractivity contribution >= 4 is 58.8 Å². The number of thiophene rings is 1. The van der Waals surface area contributed by atoms with Gasteiger partial charge < -0.3 is 0 Å². The van der Waals surface area contributed by atoms with Gasteiger partial charge in [0, 0.05) is 36.5 Å². The molecule has 61 heavy (non-hydrogen) atoms. The number of hydrogen-bond acceptors (Lipinski definition) is 2. The molecule has 0 N–H and O–H groups in total. The maximum absolute atomic E-state index is 5.11. The Kier molecular flexibility index (Phi) is 6.67. The third-order valence-electron chi connectivity index (χ3n) is 13.7. The summed E-state index contributed by atoms with van der Waals surface area (Å²) in [4.78, 5) is 5.11. The van der Waals surface area contributed by atoms with Crippen molar-refractivity contribution in [2.75, 3.05) is 0 Å². The van der Waals surface area contributed by atoms with Crippen LogP contribution in [0.1, 0.15) is 22.3 Å². The Morgan fingerprint density at radius 3 is 1.74 bits per heavy atom. The minimum atomic E-state index is -0.378. The highest BCUT2D eigenvalue weighted by Crippen LogP contribution is 2.64. The van der Waals surface area contributed by atoms with Crippen LogP contribution in [0, 0.1) is 0 Å². The van der Waals surface area contributed by atoms with Crippen LogP contribution in [0.15, 0.2) is 206 Å². The van der Waals surface area contributed by atoms with E-state index >= 15 is 0 Å². The van der Waals surface area contributed by atoms with E-state index in [2.05, 4.69) is 211 Å². The standard InChI is InChI=1S/C58H34N2S/c1-2-17-45-40(13-1)47-33-37(38-19-12-25-51-55(38)46-18-5-9-24-50(46)58(51)48-22-7-3-14-41(48)42-15-4-8-23-49(42)58)31-32-52(47)60-53(34-59-57(45)60)36-29-27-35(28-30-36)39-20-11-21-44-43-16-6-10-26-54(43)61-56(39)44/h1-34H. The normalized spacial score (nSPS) is 13.4. The highest BCUT2D eigenvalue weighted by Gasteiger charge is 2.51. The van der Waals surface area contributed by atoms with Crippen LogP contribution >= 0.6 is 11.3 Å². The molecule has 0 atom stereocenters. The number of benzene rings is 9. The molecule has 1 spiro atoms. The summed E-state index contributed by atoms with van der Waals surface area (Å²) in [7, 11) is 0. The summed E-state index contributed by atoms with van der Waals surface area (Å²) in [5.74, 6) is 0.